The Balaban J connectivity index is 5.43. The van der Waals surface area contributed by atoms with Crippen molar-refractivity contribution in [2.24, 2.45) is 22.7 Å². The third kappa shape index (κ3) is 2.97. The second kappa shape index (κ2) is 6.73. The molecule has 0 heterocycles. The van der Waals surface area contributed by atoms with Gasteiger partial charge in [0.1, 0.15) is 5.78 Å². The molecule has 1 nitrogen and oxygen atoms in total. The zero-order valence-corrected chi connectivity index (χ0v) is 13.9. The Hall–Kier alpha value is -0.330. The molecule has 0 aliphatic heterocycles. The molecule has 18 heavy (non-hydrogen) atoms. The van der Waals surface area contributed by atoms with Crippen LogP contribution >= 0.6 is 0 Å². The normalized spacial score (nSPS) is 21.8. The van der Waals surface area contributed by atoms with Gasteiger partial charge in [-0.2, -0.15) is 0 Å². The summed E-state index contributed by atoms with van der Waals surface area (Å²) in [6, 6.07) is 0. The van der Waals surface area contributed by atoms with E-state index in [0.29, 0.717) is 17.6 Å². The van der Waals surface area contributed by atoms with Crippen molar-refractivity contribution in [3.05, 3.63) is 0 Å². The van der Waals surface area contributed by atoms with E-state index in [-0.39, 0.29) is 10.8 Å². The number of hydrogen-bond acceptors (Lipinski definition) is 1. The molecule has 0 aliphatic carbocycles. The van der Waals surface area contributed by atoms with Gasteiger partial charge in [0.05, 0.1) is 0 Å². The molecule has 0 aromatic rings. The van der Waals surface area contributed by atoms with Gasteiger partial charge in [-0.15, -0.1) is 0 Å². The minimum Gasteiger partial charge on any atom is -0.298 e. The van der Waals surface area contributed by atoms with Crippen molar-refractivity contribution in [3.8, 4) is 0 Å². The van der Waals surface area contributed by atoms with Gasteiger partial charge >= 0.3 is 0 Å². The smallest absolute Gasteiger partial charge is 0.145 e. The third-order valence-electron chi connectivity index (χ3n) is 5.91. The topological polar surface area (TPSA) is 17.1 Å². The van der Waals surface area contributed by atoms with Gasteiger partial charge in [-0.05, 0) is 24.7 Å². The highest BCUT2D eigenvalue weighted by Gasteiger charge is 2.47. The van der Waals surface area contributed by atoms with Crippen LogP contribution in [-0.2, 0) is 4.79 Å². The van der Waals surface area contributed by atoms with E-state index in [1.54, 1.807) is 0 Å². The number of ketones is 1. The van der Waals surface area contributed by atoms with E-state index < -0.39 is 0 Å². The Morgan fingerprint density at radius 3 is 1.28 bits per heavy atom. The third-order valence-corrected chi connectivity index (χ3v) is 5.91. The minimum atomic E-state index is -0.164. The molecule has 0 N–H and O–H groups in total. The zero-order chi connectivity index (χ0) is 14.6. The predicted molar refractivity (Wildman–Crippen MR) is 80.7 cm³/mol. The molecular formula is C17H34O. The van der Waals surface area contributed by atoms with Crippen LogP contribution < -0.4 is 0 Å². The van der Waals surface area contributed by atoms with Crippen LogP contribution in [0.3, 0.4) is 0 Å². The van der Waals surface area contributed by atoms with E-state index in [1.165, 1.54) is 0 Å². The highest BCUT2D eigenvalue weighted by Crippen LogP contribution is 2.45. The van der Waals surface area contributed by atoms with Crippen molar-refractivity contribution >= 4 is 5.78 Å². The van der Waals surface area contributed by atoms with Gasteiger partial charge in [0.15, 0.2) is 0 Å². The van der Waals surface area contributed by atoms with Gasteiger partial charge in [0.2, 0.25) is 0 Å². The number of hydrogen-bond donors (Lipinski definition) is 0. The molecule has 4 atom stereocenters. The molecule has 4 unspecified atom stereocenters. The summed E-state index contributed by atoms with van der Waals surface area (Å²) in [6.07, 6.45) is 4.06. The summed E-state index contributed by atoms with van der Waals surface area (Å²) in [5.74, 6) is 1.42. The van der Waals surface area contributed by atoms with Gasteiger partial charge in [-0.25, -0.2) is 0 Å². The lowest BCUT2D eigenvalue weighted by atomic mass is 9.59. The van der Waals surface area contributed by atoms with Crippen LogP contribution in [0.4, 0.5) is 0 Å². The molecule has 0 amide bonds. The van der Waals surface area contributed by atoms with Gasteiger partial charge in [0, 0.05) is 10.8 Å². The van der Waals surface area contributed by atoms with Crippen LogP contribution in [-0.4, -0.2) is 5.78 Å². The maximum absolute atomic E-state index is 13.1. The first kappa shape index (κ1) is 17.7. The quantitative estimate of drug-likeness (QED) is 0.560. The maximum Gasteiger partial charge on any atom is 0.145 e. The van der Waals surface area contributed by atoms with E-state index >= 15 is 0 Å². The van der Waals surface area contributed by atoms with Crippen LogP contribution in [0.15, 0.2) is 0 Å². The number of carbonyl (C=O) groups is 1. The second-order valence-corrected chi connectivity index (χ2v) is 6.49. The van der Waals surface area contributed by atoms with Gasteiger partial charge in [-0.3, -0.25) is 4.79 Å². The average Bonchev–Trinajstić information content (AvgIpc) is 2.42. The molecule has 0 saturated heterocycles. The van der Waals surface area contributed by atoms with E-state index in [1.807, 2.05) is 0 Å². The van der Waals surface area contributed by atoms with Crippen LogP contribution in [0.2, 0.25) is 0 Å². The molecule has 0 spiro atoms. The number of carbonyl (C=O) groups excluding carboxylic acids is 1. The molecule has 0 aromatic carbocycles. The average molecular weight is 254 g/mol. The molecule has 0 saturated carbocycles. The Morgan fingerprint density at radius 1 is 0.833 bits per heavy atom. The Morgan fingerprint density at radius 2 is 1.11 bits per heavy atom. The van der Waals surface area contributed by atoms with E-state index in [9.17, 15) is 4.79 Å². The Labute approximate surface area is 115 Å². The second-order valence-electron chi connectivity index (χ2n) is 6.49. The zero-order valence-electron chi connectivity index (χ0n) is 13.9. The summed E-state index contributed by atoms with van der Waals surface area (Å²) in [6.45, 7) is 17.5. The minimum absolute atomic E-state index is 0.164. The lowest BCUT2D eigenvalue weighted by Crippen LogP contribution is -2.46. The van der Waals surface area contributed by atoms with Crippen molar-refractivity contribution < 1.29 is 4.79 Å². The standard InChI is InChI=1S/C17H34O/c1-9-13(5)16(7,11-3)15(18)17(8,12-4)14(6)10-2/h13-14H,9-12H2,1-8H3. The molecule has 0 aliphatic rings. The summed E-state index contributed by atoms with van der Waals surface area (Å²) in [5, 5.41) is 0. The first-order valence-electron chi connectivity index (χ1n) is 7.79. The van der Waals surface area contributed by atoms with Crippen LogP contribution in [0.5, 0.6) is 0 Å². The van der Waals surface area contributed by atoms with E-state index in [0.717, 1.165) is 25.7 Å². The largest absolute Gasteiger partial charge is 0.298 e. The van der Waals surface area contributed by atoms with Crippen LogP contribution in [0.25, 0.3) is 0 Å². The fourth-order valence-corrected chi connectivity index (χ4v) is 3.02. The fraction of sp³-hybridized carbons (Fsp3) is 0.941. The molecule has 1 heteroatoms. The van der Waals surface area contributed by atoms with E-state index in [2.05, 4.69) is 55.4 Å². The highest BCUT2D eigenvalue weighted by atomic mass is 16.1. The SMILES string of the molecule is CCC(C)C(C)(CC)C(=O)C(C)(CC)C(C)CC. The molecule has 108 valence electrons. The maximum atomic E-state index is 13.1. The molecule has 0 radical (unpaired) electrons. The van der Waals surface area contributed by atoms with Crippen molar-refractivity contribution in [2.45, 2.75) is 81.1 Å². The van der Waals surface area contributed by atoms with Gasteiger partial charge in [0.25, 0.3) is 0 Å². The lowest BCUT2D eigenvalue weighted by molar-refractivity contribution is -0.144. The summed E-state index contributed by atoms with van der Waals surface area (Å²) in [4.78, 5) is 13.1. The first-order valence-corrected chi connectivity index (χ1v) is 7.79. The Bertz CT molecular complexity index is 245. The number of Topliss-reactive ketones (excluding diaryl/α,β-unsaturated/α-hetero) is 1. The molecule has 0 aromatic heterocycles. The predicted octanol–water partition coefficient (Wildman–Crippen LogP) is 5.48. The molecule has 0 fully saturated rings. The monoisotopic (exact) mass is 254 g/mol. The highest BCUT2D eigenvalue weighted by molar-refractivity contribution is 5.90. The Kier molecular flexibility index (Phi) is 6.60. The van der Waals surface area contributed by atoms with Crippen LogP contribution in [0, 0.1) is 22.7 Å². The summed E-state index contributed by atoms with van der Waals surface area (Å²) in [5.41, 5.74) is -0.327. The molecular weight excluding hydrogens is 220 g/mol. The summed E-state index contributed by atoms with van der Waals surface area (Å²) in [7, 11) is 0. The van der Waals surface area contributed by atoms with Gasteiger partial charge < -0.3 is 0 Å². The summed E-state index contributed by atoms with van der Waals surface area (Å²) < 4.78 is 0. The fourth-order valence-electron chi connectivity index (χ4n) is 3.02. The first-order chi connectivity index (χ1) is 8.24. The van der Waals surface area contributed by atoms with Crippen LogP contribution in [0.1, 0.15) is 81.1 Å². The van der Waals surface area contributed by atoms with Crippen molar-refractivity contribution in [1.29, 1.82) is 0 Å². The molecule has 0 bridgehead atoms. The van der Waals surface area contributed by atoms with E-state index in [4.69, 9.17) is 0 Å². The van der Waals surface area contributed by atoms with Crippen molar-refractivity contribution in [1.82, 2.24) is 0 Å². The number of rotatable bonds is 8. The lowest BCUT2D eigenvalue weighted by Gasteiger charge is -2.43. The summed E-state index contributed by atoms with van der Waals surface area (Å²) >= 11 is 0. The van der Waals surface area contributed by atoms with Crippen molar-refractivity contribution in [3.63, 3.8) is 0 Å². The van der Waals surface area contributed by atoms with Gasteiger partial charge in [-0.1, -0.05) is 68.2 Å². The van der Waals surface area contributed by atoms with Crippen molar-refractivity contribution in [2.75, 3.05) is 0 Å². The molecule has 0 rings (SSSR count).